The van der Waals surface area contributed by atoms with E-state index in [1.165, 1.54) is 0 Å². The summed E-state index contributed by atoms with van der Waals surface area (Å²) in [7, 11) is 1.64. The molecule has 0 unspecified atom stereocenters. The lowest BCUT2D eigenvalue weighted by molar-refractivity contribution is -0.117. The monoisotopic (exact) mass is 374 g/mol. The minimum Gasteiger partial charge on any atom is -0.383 e. The van der Waals surface area contributed by atoms with Crippen LogP contribution in [0.2, 0.25) is 0 Å². The molecule has 0 fully saturated rings. The molecule has 1 amide bonds. The molecule has 1 heterocycles. The van der Waals surface area contributed by atoms with E-state index in [9.17, 15) is 4.79 Å². The first-order valence-corrected chi connectivity index (χ1v) is 9.27. The highest BCUT2D eigenvalue weighted by molar-refractivity contribution is 5.93. The largest absolute Gasteiger partial charge is 0.383 e. The van der Waals surface area contributed by atoms with E-state index in [0.29, 0.717) is 37.3 Å². The van der Waals surface area contributed by atoms with Crippen LogP contribution in [0.5, 0.6) is 0 Å². The number of rotatable bonds is 10. The quantitative estimate of drug-likeness (QED) is 0.689. The van der Waals surface area contributed by atoms with E-state index in [4.69, 9.17) is 9.26 Å². The standard InChI is InChI=1S/C20H30N4O3/c1-14(2)11-18-22-20(27-23-18)13-24(9-10-26-5)12-19(25)21-17-8-6-7-15(3)16(17)4/h6-8,14H,9-13H2,1-5H3,(H,21,25). The number of aromatic nitrogens is 2. The van der Waals surface area contributed by atoms with Crippen LogP contribution in [-0.4, -0.2) is 47.8 Å². The highest BCUT2D eigenvalue weighted by atomic mass is 16.5. The van der Waals surface area contributed by atoms with Crippen molar-refractivity contribution in [1.82, 2.24) is 15.0 Å². The maximum Gasteiger partial charge on any atom is 0.240 e. The fraction of sp³-hybridized carbons (Fsp3) is 0.550. The van der Waals surface area contributed by atoms with Crippen molar-refractivity contribution in [3.05, 3.63) is 41.0 Å². The molecule has 1 aromatic heterocycles. The maximum atomic E-state index is 12.5. The summed E-state index contributed by atoms with van der Waals surface area (Å²) in [6, 6.07) is 5.88. The number of nitrogens with zero attached hydrogens (tertiary/aromatic N) is 3. The molecule has 0 radical (unpaired) electrons. The highest BCUT2D eigenvalue weighted by Crippen LogP contribution is 2.18. The molecule has 0 saturated carbocycles. The fourth-order valence-corrected chi connectivity index (χ4v) is 2.71. The molecule has 2 rings (SSSR count). The van der Waals surface area contributed by atoms with Gasteiger partial charge in [0.1, 0.15) is 0 Å². The lowest BCUT2D eigenvalue weighted by atomic mass is 10.1. The Bertz CT molecular complexity index is 743. The molecule has 0 aliphatic heterocycles. The third kappa shape index (κ3) is 6.77. The van der Waals surface area contributed by atoms with Gasteiger partial charge in [-0.15, -0.1) is 0 Å². The summed E-state index contributed by atoms with van der Waals surface area (Å²) < 4.78 is 10.5. The van der Waals surface area contributed by atoms with Crippen molar-refractivity contribution in [3.8, 4) is 0 Å². The van der Waals surface area contributed by atoms with Crippen LogP contribution in [0.25, 0.3) is 0 Å². The Labute approximate surface area is 161 Å². The summed E-state index contributed by atoms with van der Waals surface area (Å²) in [5.74, 6) is 1.60. The van der Waals surface area contributed by atoms with Crippen molar-refractivity contribution >= 4 is 11.6 Å². The summed E-state index contributed by atoms with van der Waals surface area (Å²) in [6.07, 6.45) is 0.773. The van der Waals surface area contributed by atoms with Gasteiger partial charge in [0.25, 0.3) is 0 Å². The summed E-state index contributed by atoms with van der Waals surface area (Å²) in [5, 5.41) is 7.00. The molecule has 7 nitrogen and oxygen atoms in total. The van der Waals surface area contributed by atoms with Crippen molar-refractivity contribution in [3.63, 3.8) is 0 Å². The molecule has 1 aromatic carbocycles. The van der Waals surface area contributed by atoms with Crippen LogP contribution in [-0.2, 0) is 22.5 Å². The first-order valence-electron chi connectivity index (χ1n) is 9.27. The number of carbonyl (C=O) groups excluding carboxylic acids is 1. The Kier molecular flexibility index (Phi) is 7.94. The van der Waals surface area contributed by atoms with E-state index in [1.807, 2.05) is 36.9 Å². The lowest BCUT2D eigenvalue weighted by Gasteiger charge is -2.20. The van der Waals surface area contributed by atoms with E-state index in [0.717, 1.165) is 23.2 Å². The maximum absolute atomic E-state index is 12.5. The van der Waals surface area contributed by atoms with Gasteiger partial charge in [0, 0.05) is 25.8 Å². The second kappa shape index (κ2) is 10.2. The van der Waals surface area contributed by atoms with Gasteiger partial charge in [-0.2, -0.15) is 4.98 Å². The lowest BCUT2D eigenvalue weighted by Crippen LogP contribution is -2.35. The number of ether oxygens (including phenoxy) is 1. The zero-order valence-corrected chi connectivity index (χ0v) is 16.9. The summed E-state index contributed by atoms with van der Waals surface area (Å²) >= 11 is 0. The third-order valence-corrected chi connectivity index (χ3v) is 4.32. The molecule has 0 aliphatic rings. The van der Waals surface area contributed by atoms with Crippen LogP contribution in [0.1, 0.15) is 36.7 Å². The molecule has 0 saturated heterocycles. The Morgan fingerprint density at radius 1 is 1.33 bits per heavy atom. The number of carbonyl (C=O) groups is 1. The first-order chi connectivity index (χ1) is 12.9. The highest BCUT2D eigenvalue weighted by Gasteiger charge is 2.16. The SMILES string of the molecule is COCCN(CC(=O)Nc1cccc(C)c1C)Cc1nc(CC(C)C)no1. The molecule has 0 aliphatic carbocycles. The predicted octanol–water partition coefficient (Wildman–Crippen LogP) is 2.97. The van der Waals surface area contributed by atoms with Crippen molar-refractivity contribution in [1.29, 1.82) is 0 Å². The predicted molar refractivity (Wildman–Crippen MR) is 105 cm³/mol. The summed E-state index contributed by atoms with van der Waals surface area (Å²) in [5.41, 5.74) is 3.06. The average Bonchev–Trinajstić information content (AvgIpc) is 3.03. The van der Waals surface area contributed by atoms with Crippen LogP contribution in [0.4, 0.5) is 5.69 Å². The van der Waals surface area contributed by atoms with Gasteiger partial charge in [0.15, 0.2) is 5.82 Å². The van der Waals surface area contributed by atoms with Gasteiger partial charge >= 0.3 is 0 Å². The Hall–Kier alpha value is -2.25. The van der Waals surface area contributed by atoms with Crippen LogP contribution >= 0.6 is 0 Å². The van der Waals surface area contributed by atoms with Gasteiger partial charge in [-0.25, -0.2) is 0 Å². The zero-order chi connectivity index (χ0) is 19.8. The van der Waals surface area contributed by atoms with E-state index < -0.39 is 0 Å². The van der Waals surface area contributed by atoms with Crippen molar-refractivity contribution in [2.45, 2.75) is 40.7 Å². The number of nitrogens with one attached hydrogen (secondary N) is 1. The second-order valence-electron chi connectivity index (χ2n) is 7.20. The van der Waals surface area contributed by atoms with Crippen molar-refractivity contribution < 1.29 is 14.1 Å². The Morgan fingerprint density at radius 2 is 2.11 bits per heavy atom. The number of aryl methyl sites for hydroxylation is 1. The average molecular weight is 374 g/mol. The van der Waals surface area contributed by atoms with Crippen molar-refractivity contribution in [2.75, 3.05) is 32.1 Å². The fourth-order valence-electron chi connectivity index (χ4n) is 2.71. The normalized spacial score (nSPS) is 11.4. The smallest absolute Gasteiger partial charge is 0.240 e. The Morgan fingerprint density at radius 3 is 2.81 bits per heavy atom. The number of anilines is 1. The molecule has 0 spiro atoms. The summed E-state index contributed by atoms with van der Waals surface area (Å²) in [6.45, 7) is 10.00. The molecule has 148 valence electrons. The van der Waals surface area contributed by atoms with Crippen LogP contribution in [0, 0.1) is 19.8 Å². The molecule has 7 heteroatoms. The molecule has 2 aromatic rings. The van der Waals surface area contributed by atoms with Gasteiger partial charge in [0.05, 0.1) is 19.7 Å². The van der Waals surface area contributed by atoms with Gasteiger partial charge in [-0.05, 0) is 37.0 Å². The second-order valence-corrected chi connectivity index (χ2v) is 7.20. The van der Waals surface area contributed by atoms with Crippen LogP contribution in [0.3, 0.4) is 0 Å². The molecular formula is C20H30N4O3. The molecule has 0 atom stereocenters. The van der Waals surface area contributed by atoms with E-state index in [2.05, 4.69) is 29.3 Å². The molecule has 1 N–H and O–H groups in total. The van der Waals surface area contributed by atoms with Gasteiger partial charge < -0.3 is 14.6 Å². The van der Waals surface area contributed by atoms with E-state index in [-0.39, 0.29) is 12.5 Å². The summed E-state index contributed by atoms with van der Waals surface area (Å²) in [4.78, 5) is 18.9. The van der Waals surface area contributed by atoms with Crippen molar-refractivity contribution in [2.24, 2.45) is 5.92 Å². The number of methoxy groups -OCH3 is 1. The van der Waals surface area contributed by atoms with Crippen LogP contribution < -0.4 is 5.32 Å². The first kappa shape index (κ1) is 21.1. The van der Waals surface area contributed by atoms with Gasteiger partial charge in [0.2, 0.25) is 11.8 Å². The van der Waals surface area contributed by atoms with Crippen LogP contribution in [0.15, 0.2) is 22.7 Å². The van der Waals surface area contributed by atoms with Gasteiger partial charge in [-0.3, -0.25) is 9.69 Å². The minimum atomic E-state index is -0.0817. The molecule has 27 heavy (non-hydrogen) atoms. The Balaban J connectivity index is 1.99. The van der Waals surface area contributed by atoms with Gasteiger partial charge in [-0.1, -0.05) is 31.1 Å². The third-order valence-electron chi connectivity index (χ3n) is 4.32. The van der Waals surface area contributed by atoms with E-state index in [1.54, 1.807) is 7.11 Å². The number of benzene rings is 1. The zero-order valence-electron chi connectivity index (χ0n) is 16.9. The van der Waals surface area contributed by atoms with E-state index >= 15 is 0 Å². The number of hydrogen-bond acceptors (Lipinski definition) is 6. The molecular weight excluding hydrogens is 344 g/mol. The molecule has 0 bridgehead atoms. The topological polar surface area (TPSA) is 80.5 Å². The number of hydrogen-bond donors (Lipinski definition) is 1. The minimum absolute atomic E-state index is 0.0817. The number of amides is 1.